The first-order valence-corrected chi connectivity index (χ1v) is 8.28. The van der Waals surface area contributed by atoms with E-state index >= 15 is 0 Å². The molecule has 0 heterocycles. The van der Waals surface area contributed by atoms with E-state index in [0.29, 0.717) is 0 Å². The van der Waals surface area contributed by atoms with Gasteiger partial charge in [-0.25, -0.2) is 0 Å². The molecule has 0 aliphatic heterocycles. The van der Waals surface area contributed by atoms with Crippen molar-refractivity contribution in [3.8, 4) is 0 Å². The standard InChI is InChI=1S/C9H20O2Si/c1-12(2,3)9(11)7-5-4-6-8(9)10/h8,10-11H,4-7H2,1-3H3/t8?,9-/m1/s1. The van der Waals surface area contributed by atoms with E-state index in [1.54, 1.807) is 0 Å². The van der Waals surface area contributed by atoms with Crippen LogP contribution in [0.25, 0.3) is 0 Å². The van der Waals surface area contributed by atoms with Crippen LogP contribution in [0.2, 0.25) is 19.6 Å². The molecule has 0 aromatic rings. The summed E-state index contributed by atoms with van der Waals surface area (Å²) in [4.78, 5) is 0. The molecule has 0 radical (unpaired) electrons. The first kappa shape index (κ1) is 10.2. The van der Waals surface area contributed by atoms with Gasteiger partial charge in [-0.3, -0.25) is 0 Å². The average Bonchev–Trinajstić information content (AvgIpc) is 1.93. The minimum absolute atomic E-state index is 0.474. The Labute approximate surface area is 75.6 Å². The van der Waals surface area contributed by atoms with Crippen LogP contribution in [0, 0.1) is 0 Å². The van der Waals surface area contributed by atoms with Gasteiger partial charge in [0, 0.05) is 0 Å². The van der Waals surface area contributed by atoms with Crippen LogP contribution in [0.4, 0.5) is 0 Å². The van der Waals surface area contributed by atoms with Crippen molar-refractivity contribution in [3.05, 3.63) is 0 Å². The Morgan fingerprint density at radius 2 is 1.83 bits per heavy atom. The van der Waals surface area contributed by atoms with E-state index in [1.165, 1.54) is 0 Å². The number of hydrogen-bond acceptors (Lipinski definition) is 2. The summed E-state index contributed by atoms with van der Waals surface area (Å²) in [6.45, 7) is 6.38. The summed E-state index contributed by atoms with van der Waals surface area (Å²) in [7, 11) is -1.64. The molecule has 2 nitrogen and oxygen atoms in total. The van der Waals surface area contributed by atoms with Crippen molar-refractivity contribution < 1.29 is 10.2 Å². The van der Waals surface area contributed by atoms with Crippen LogP contribution < -0.4 is 0 Å². The number of hydrogen-bond donors (Lipinski definition) is 2. The van der Waals surface area contributed by atoms with Gasteiger partial charge in [0.1, 0.15) is 0 Å². The molecule has 2 N–H and O–H groups in total. The molecule has 3 heteroatoms. The molecule has 72 valence electrons. The number of rotatable bonds is 1. The third kappa shape index (κ3) is 1.58. The van der Waals surface area contributed by atoms with Gasteiger partial charge in [-0.15, -0.1) is 0 Å². The van der Waals surface area contributed by atoms with Crippen molar-refractivity contribution in [1.82, 2.24) is 0 Å². The van der Waals surface area contributed by atoms with Gasteiger partial charge in [-0.2, -0.15) is 0 Å². The SMILES string of the molecule is C[Si](C)(C)[C@]1(O)CCCCC1O. The molecule has 0 aromatic heterocycles. The van der Waals surface area contributed by atoms with Crippen LogP contribution in [0.5, 0.6) is 0 Å². The van der Waals surface area contributed by atoms with Gasteiger partial charge in [-0.05, 0) is 12.8 Å². The zero-order valence-corrected chi connectivity index (χ0v) is 9.30. The summed E-state index contributed by atoms with van der Waals surface area (Å²) < 4.78 is 0. The Balaban J connectivity index is 2.79. The summed E-state index contributed by atoms with van der Waals surface area (Å²) in [6.07, 6.45) is 3.23. The fourth-order valence-electron chi connectivity index (χ4n) is 2.01. The van der Waals surface area contributed by atoms with Crippen molar-refractivity contribution in [3.63, 3.8) is 0 Å². The van der Waals surface area contributed by atoms with Crippen LogP contribution in [-0.4, -0.2) is 29.6 Å². The lowest BCUT2D eigenvalue weighted by atomic mass is 9.94. The Kier molecular flexibility index (Phi) is 2.66. The highest BCUT2D eigenvalue weighted by atomic mass is 28.3. The van der Waals surface area contributed by atoms with Gasteiger partial charge in [0.15, 0.2) is 0 Å². The third-order valence-electron chi connectivity index (χ3n) is 3.14. The van der Waals surface area contributed by atoms with Gasteiger partial charge in [0.2, 0.25) is 0 Å². The van der Waals surface area contributed by atoms with Gasteiger partial charge in [0.25, 0.3) is 0 Å². The zero-order valence-electron chi connectivity index (χ0n) is 8.30. The number of aliphatic hydroxyl groups excluding tert-OH is 1. The molecule has 2 atom stereocenters. The molecule has 0 spiro atoms. The van der Waals surface area contributed by atoms with Gasteiger partial charge in [-0.1, -0.05) is 32.5 Å². The second kappa shape index (κ2) is 3.12. The Hall–Kier alpha value is 0.137. The van der Waals surface area contributed by atoms with E-state index in [2.05, 4.69) is 19.6 Å². The predicted molar refractivity (Wildman–Crippen MR) is 52.8 cm³/mol. The summed E-state index contributed by atoms with van der Waals surface area (Å²) in [5.74, 6) is 0. The second-order valence-corrected chi connectivity index (χ2v) is 10.3. The summed E-state index contributed by atoms with van der Waals surface area (Å²) in [5, 5.41) is 19.3. The molecular weight excluding hydrogens is 168 g/mol. The first-order chi connectivity index (χ1) is 5.38. The van der Waals surface area contributed by atoms with Gasteiger partial charge >= 0.3 is 0 Å². The molecule has 0 saturated heterocycles. The quantitative estimate of drug-likeness (QED) is 0.613. The molecular formula is C9H20O2Si. The molecule has 1 fully saturated rings. The fraction of sp³-hybridized carbons (Fsp3) is 1.00. The van der Waals surface area contributed by atoms with Gasteiger partial charge < -0.3 is 10.2 Å². The van der Waals surface area contributed by atoms with Crippen LogP contribution >= 0.6 is 0 Å². The molecule has 1 aliphatic carbocycles. The van der Waals surface area contributed by atoms with E-state index in [-0.39, 0.29) is 0 Å². The van der Waals surface area contributed by atoms with E-state index in [9.17, 15) is 10.2 Å². The van der Waals surface area contributed by atoms with E-state index in [1.807, 2.05) is 0 Å². The second-order valence-electron chi connectivity index (χ2n) is 4.94. The molecule has 1 unspecified atom stereocenters. The van der Waals surface area contributed by atoms with E-state index in [4.69, 9.17) is 0 Å². The monoisotopic (exact) mass is 188 g/mol. The zero-order chi connectivity index (χ0) is 9.41. The predicted octanol–water partition coefficient (Wildman–Crippen LogP) is 1.53. The fourth-order valence-corrected chi connectivity index (χ4v) is 4.08. The smallest absolute Gasteiger partial charge is 0.0854 e. The minimum Gasteiger partial charge on any atom is -0.391 e. The first-order valence-electron chi connectivity index (χ1n) is 4.78. The van der Waals surface area contributed by atoms with Crippen molar-refractivity contribution in [2.75, 3.05) is 0 Å². The molecule has 1 rings (SSSR count). The highest BCUT2D eigenvalue weighted by Gasteiger charge is 2.48. The summed E-state index contributed by atoms with van der Waals surface area (Å²) in [5.41, 5.74) is 0. The van der Waals surface area contributed by atoms with E-state index < -0.39 is 19.4 Å². The van der Waals surface area contributed by atoms with E-state index in [0.717, 1.165) is 25.7 Å². The molecule has 0 amide bonds. The Morgan fingerprint density at radius 3 is 2.17 bits per heavy atom. The molecule has 0 bridgehead atoms. The van der Waals surface area contributed by atoms with Crippen LogP contribution in [0.15, 0.2) is 0 Å². The van der Waals surface area contributed by atoms with Crippen LogP contribution in [0.3, 0.4) is 0 Å². The number of aliphatic hydroxyl groups is 2. The normalized spacial score (nSPS) is 38.2. The van der Waals surface area contributed by atoms with Gasteiger partial charge in [0.05, 0.1) is 19.4 Å². The summed E-state index contributed by atoms with van der Waals surface area (Å²) >= 11 is 0. The molecule has 1 saturated carbocycles. The lowest BCUT2D eigenvalue weighted by Gasteiger charge is -2.45. The molecule has 12 heavy (non-hydrogen) atoms. The maximum atomic E-state index is 10.3. The topological polar surface area (TPSA) is 40.5 Å². The minimum atomic E-state index is -1.64. The van der Waals surface area contributed by atoms with Crippen molar-refractivity contribution in [1.29, 1.82) is 0 Å². The van der Waals surface area contributed by atoms with Crippen LogP contribution in [0.1, 0.15) is 25.7 Å². The molecule has 1 aliphatic rings. The maximum Gasteiger partial charge on any atom is 0.0854 e. The lowest BCUT2D eigenvalue weighted by Crippen LogP contribution is -2.61. The highest BCUT2D eigenvalue weighted by molar-refractivity contribution is 6.79. The van der Waals surface area contributed by atoms with Crippen molar-refractivity contribution in [2.24, 2.45) is 0 Å². The van der Waals surface area contributed by atoms with Crippen molar-refractivity contribution >= 4 is 8.07 Å². The molecule has 0 aromatic carbocycles. The highest BCUT2D eigenvalue weighted by Crippen LogP contribution is 2.35. The van der Waals surface area contributed by atoms with Crippen LogP contribution in [-0.2, 0) is 0 Å². The Morgan fingerprint density at radius 1 is 1.25 bits per heavy atom. The third-order valence-corrected chi connectivity index (χ3v) is 6.32. The Bertz CT molecular complexity index is 164. The average molecular weight is 188 g/mol. The van der Waals surface area contributed by atoms with Crippen molar-refractivity contribution in [2.45, 2.75) is 56.7 Å². The maximum absolute atomic E-state index is 10.3. The summed E-state index contributed by atoms with van der Waals surface area (Å²) in [6, 6.07) is 0. The largest absolute Gasteiger partial charge is 0.391 e. The lowest BCUT2D eigenvalue weighted by molar-refractivity contribution is -0.0487.